The van der Waals surface area contributed by atoms with Crippen molar-refractivity contribution >= 4 is 22.9 Å². The number of aromatic nitrogens is 2. The van der Waals surface area contributed by atoms with Gasteiger partial charge in [0.25, 0.3) is 0 Å². The van der Waals surface area contributed by atoms with Crippen LogP contribution in [0.25, 0.3) is 11.0 Å². The van der Waals surface area contributed by atoms with Crippen molar-refractivity contribution in [2.45, 2.75) is 13.1 Å². The second kappa shape index (κ2) is 7.58. The highest BCUT2D eigenvalue weighted by Gasteiger charge is 2.20. The number of fused-ring (bicyclic) bond motifs is 1. The first kappa shape index (κ1) is 16.6. The Bertz CT molecular complexity index is 885. The summed E-state index contributed by atoms with van der Waals surface area (Å²) in [5.41, 5.74) is 3.02. The van der Waals surface area contributed by atoms with Crippen LogP contribution in [0, 0.1) is 0 Å². The number of hydrogen-bond donors (Lipinski definition) is 1. The summed E-state index contributed by atoms with van der Waals surface area (Å²) >= 11 is 0. The number of para-hydroxylation sites is 2. The van der Waals surface area contributed by atoms with Crippen LogP contribution in [0.1, 0.15) is 5.56 Å². The fourth-order valence-electron chi connectivity index (χ4n) is 3.20. The van der Waals surface area contributed by atoms with Gasteiger partial charge in [-0.25, -0.2) is 4.98 Å². The number of anilines is 1. The fraction of sp³-hybridized carbons (Fsp3) is 0.300. The Morgan fingerprint density at radius 3 is 2.58 bits per heavy atom. The van der Waals surface area contributed by atoms with E-state index in [1.807, 2.05) is 51.9 Å². The minimum absolute atomic E-state index is 0.0965. The van der Waals surface area contributed by atoms with Gasteiger partial charge in [-0.2, -0.15) is 0 Å². The lowest BCUT2D eigenvalue weighted by Gasteiger charge is -2.27. The van der Waals surface area contributed by atoms with Crippen LogP contribution in [0.4, 0.5) is 5.95 Å². The molecule has 2 aromatic carbocycles. The lowest BCUT2D eigenvalue weighted by molar-refractivity contribution is -0.135. The number of imidazole rings is 1. The topological polar surface area (TPSA) is 59.4 Å². The van der Waals surface area contributed by atoms with Gasteiger partial charge in [0.05, 0.1) is 24.2 Å². The standard InChI is InChI=1S/C20H22N4O2/c25-19(23-10-12-26-13-11-23)15-24-18-9-5-4-8-17(18)22-20(24)21-14-16-6-2-1-3-7-16/h1-9H,10-15H2,(H,21,22). The van der Waals surface area contributed by atoms with Gasteiger partial charge in [-0.1, -0.05) is 42.5 Å². The van der Waals surface area contributed by atoms with Gasteiger partial charge >= 0.3 is 0 Å². The van der Waals surface area contributed by atoms with Crippen LogP contribution in [-0.4, -0.2) is 46.7 Å². The van der Waals surface area contributed by atoms with Crippen molar-refractivity contribution < 1.29 is 9.53 Å². The van der Waals surface area contributed by atoms with Crippen LogP contribution in [0.3, 0.4) is 0 Å². The van der Waals surface area contributed by atoms with Gasteiger partial charge in [0.15, 0.2) is 0 Å². The summed E-state index contributed by atoms with van der Waals surface area (Å²) in [5.74, 6) is 0.816. The minimum atomic E-state index is 0.0965. The average molecular weight is 350 g/mol. The molecule has 1 amide bonds. The Balaban J connectivity index is 1.58. The molecule has 1 N–H and O–H groups in total. The Kier molecular flexibility index (Phi) is 4.84. The molecule has 0 saturated carbocycles. The van der Waals surface area contributed by atoms with E-state index in [1.54, 1.807) is 0 Å². The van der Waals surface area contributed by atoms with Crippen molar-refractivity contribution in [1.29, 1.82) is 0 Å². The van der Waals surface area contributed by atoms with E-state index in [4.69, 9.17) is 4.74 Å². The number of hydrogen-bond acceptors (Lipinski definition) is 4. The number of carbonyl (C=O) groups excluding carboxylic acids is 1. The summed E-state index contributed by atoms with van der Waals surface area (Å²) in [4.78, 5) is 19.3. The first-order valence-corrected chi connectivity index (χ1v) is 8.90. The van der Waals surface area contributed by atoms with Crippen LogP contribution in [-0.2, 0) is 22.6 Å². The Labute approximate surface area is 152 Å². The van der Waals surface area contributed by atoms with Gasteiger partial charge < -0.3 is 19.5 Å². The maximum atomic E-state index is 12.7. The maximum absolute atomic E-state index is 12.7. The Hall–Kier alpha value is -2.86. The zero-order valence-corrected chi connectivity index (χ0v) is 14.6. The third kappa shape index (κ3) is 3.55. The number of amides is 1. The molecule has 0 radical (unpaired) electrons. The smallest absolute Gasteiger partial charge is 0.242 e. The summed E-state index contributed by atoms with van der Waals surface area (Å²) in [6, 6.07) is 18.1. The molecule has 1 aliphatic rings. The van der Waals surface area contributed by atoms with Crippen LogP contribution >= 0.6 is 0 Å². The van der Waals surface area contributed by atoms with E-state index in [-0.39, 0.29) is 12.5 Å². The van der Waals surface area contributed by atoms with Gasteiger partial charge in [-0.3, -0.25) is 4.79 Å². The first-order chi connectivity index (χ1) is 12.8. The first-order valence-electron chi connectivity index (χ1n) is 8.90. The molecule has 0 atom stereocenters. The van der Waals surface area contributed by atoms with Crippen LogP contribution < -0.4 is 5.32 Å². The number of rotatable bonds is 5. The highest BCUT2D eigenvalue weighted by Crippen LogP contribution is 2.20. The molecule has 0 unspecified atom stereocenters. The van der Waals surface area contributed by atoms with Crippen molar-refractivity contribution in [3.05, 3.63) is 60.2 Å². The predicted molar refractivity (Wildman–Crippen MR) is 101 cm³/mol. The van der Waals surface area contributed by atoms with E-state index in [0.717, 1.165) is 17.0 Å². The van der Waals surface area contributed by atoms with Gasteiger partial charge in [0, 0.05) is 19.6 Å². The van der Waals surface area contributed by atoms with Gasteiger partial charge in [0.1, 0.15) is 6.54 Å². The van der Waals surface area contributed by atoms with E-state index in [2.05, 4.69) is 22.4 Å². The average Bonchev–Trinajstić information content (AvgIpc) is 3.05. The largest absolute Gasteiger partial charge is 0.378 e. The molecule has 26 heavy (non-hydrogen) atoms. The highest BCUT2D eigenvalue weighted by atomic mass is 16.5. The van der Waals surface area contributed by atoms with Crippen molar-refractivity contribution in [3.63, 3.8) is 0 Å². The van der Waals surface area contributed by atoms with Crippen LogP contribution in [0.5, 0.6) is 0 Å². The van der Waals surface area contributed by atoms with Crippen molar-refractivity contribution in [2.75, 3.05) is 31.6 Å². The molecular formula is C20H22N4O2. The summed E-state index contributed by atoms with van der Waals surface area (Å²) in [6.07, 6.45) is 0. The second-order valence-electron chi connectivity index (χ2n) is 6.34. The minimum Gasteiger partial charge on any atom is -0.378 e. The molecule has 6 heteroatoms. The molecule has 1 fully saturated rings. The number of nitrogens with one attached hydrogen (secondary N) is 1. The molecule has 134 valence electrons. The molecule has 6 nitrogen and oxygen atoms in total. The molecule has 2 heterocycles. The van der Waals surface area contributed by atoms with Gasteiger partial charge in [0.2, 0.25) is 11.9 Å². The number of carbonyl (C=O) groups is 1. The van der Waals surface area contributed by atoms with E-state index in [9.17, 15) is 4.79 Å². The third-order valence-electron chi connectivity index (χ3n) is 4.61. The van der Waals surface area contributed by atoms with E-state index in [1.165, 1.54) is 5.56 Å². The molecule has 1 saturated heterocycles. The number of benzene rings is 2. The lowest BCUT2D eigenvalue weighted by atomic mass is 10.2. The van der Waals surface area contributed by atoms with E-state index >= 15 is 0 Å². The zero-order chi connectivity index (χ0) is 17.8. The summed E-state index contributed by atoms with van der Waals surface area (Å²) in [5, 5.41) is 3.38. The normalized spacial score (nSPS) is 14.5. The molecule has 4 rings (SSSR count). The Morgan fingerprint density at radius 2 is 1.77 bits per heavy atom. The highest BCUT2D eigenvalue weighted by molar-refractivity contribution is 5.83. The third-order valence-corrected chi connectivity index (χ3v) is 4.61. The van der Waals surface area contributed by atoms with Crippen molar-refractivity contribution in [1.82, 2.24) is 14.5 Å². The van der Waals surface area contributed by atoms with Gasteiger partial charge in [-0.05, 0) is 17.7 Å². The molecule has 0 spiro atoms. The molecular weight excluding hydrogens is 328 g/mol. The number of nitrogens with zero attached hydrogens (tertiary/aromatic N) is 3. The molecule has 3 aromatic rings. The van der Waals surface area contributed by atoms with Crippen molar-refractivity contribution in [3.8, 4) is 0 Å². The van der Waals surface area contributed by atoms with E-state index < -0.39 is 0 Å². The zero-order valence-electron chi connectivity index (χ0n) is 14.6. The van der Waals surface area contributed by atoms with Crippen LogP contribution in [0.2, 0.25) is 0 Å². The van der Waals surface area contributed by atoms with E-state index in [0.29, 0.717) is 32.8 Å². The molecule has 1 aliphatic heterocycles. The fourth-order valence-corrected chi connectivity index (χ4v) is 3.20. The van der Waals surface area contributed by atoms with Crippen molar-refractivity contribution in [2.24, 2.45) is 0 Å². The SMILES string of the molecule is O=C(Cn1c(NCc2ccccc2)nc2ccccc21)N1CCOCC1. The molecule has 0 bridgehead atoms. The predicted octanol–water partition coefficient (Wildman–Crippen LogP) is 2.51. The number of morpholine rings is 1. The summed E-state index contributed by atoms with van der Waals surface area (Å²) in [7, 11) is 0. The molecule has 1 aromatic heterocycles. The van der Waals surface area contributed by atoms with Gasteiger partial charge in [-0.15, -0.1) is 0 Å². The quantitative estimate of drug-likeness (QED) is 0.768. The Morgan fingerprint density at radius 1 is 1.04 bits per heavy atom. The van der Waals surface area contributed by atoms with Crippen LogP contribution in [0.15, 0.2) is 54.6 Å². The molecule has 0 aliphatic carbocycles. The number of ether oxygens (including phenoxy) is 1. The lowest BCUT2D eigenvalue weighted by Crippen LogP contribution is -2.42. The summed E-state index contributed by atoms with van der Waals surface area (Å²) < 4.78 is 7.31. The summed E-state index contributed by atoms with van der Waals surface area (Å²) in [6.45, 7) is 3.45. The second-order valence-corrected chi connectivity index (χ2v) is 6.34. The maximum Gasteiger partial charge on any atom is 0.242 e. The monoisotopic (exact) mass is 350 g/mol.